The third-order valence-corrected chi connectivity index (χ3v) is 5.17. The van der Waals surface area contributed by atoms with Crippen LogP contribution in [0.2, 0.25) is 0 Å². The van der Waals surface area contributed by atoms with Gasteiger partial charge in [0.25, 0.3) is 11.5 Å². The number of carbonyl (C=O) groups is 1. The Balaban J connectivity index is 1.53. The molecule has 0 aliphatic heterocycles. The van der Waals surface area contributed by atoms with Crippen LogP contribution in [-0.2, 0) is 5.75 Å². The van der Waals surface area contributed by atoms with Crippen molar-refractivity contribution in [2.24, 2.45) is 0 Å². The Morgan fingerprint density at radius 2 is 1.76 bits per heavy atom. The lowest BCUT2D eigenvalue weighted by Crippen LogP contribution is -2.20. The molecule has 0 fully saturated rings. The highest BCUT2D eigenvalue weighted by Gasteiger charge is 2.11. The summed E-state index contributed by atoms with van der Waals surface area (Å²) in [5.41, 5.74) is 2.83. The molecule has 8 nitrogen and oxygen atoms in total. The average Bonchev–Trinajstić information content (AvgIpc) is 2.79. The Morgan fingerprint density at radius 3 is 2.55 bits per heavy atom. The van der Waals surface area contributed by atoms with Crippen molar-refractivity contribution in [1.29, 1.82) is 0 Å². The second-order valence-electron chi connectivity index (χ2n) is 7.22. The molecule has 4 rings (SSSR count). The summed E-state index contributed by atoms with van der Waals surface area (Å²) in [5.74, 6) is 1.81. The smallest absolute Gasteiger partial charge is 0.274 e. The third kappa shape index (κ3) is 5.83. The number of thioether (sulfide) groups is 1. The van der Waals surface area contributed by atoms with Crippen molar-refractivity contribution < 1.29 is 4.79 Å². The zero-order valence-electron chi connectivity index (χ0n) is 18.1. The summed E-state index contributed by atoms with van der Waals surface area (Å²) in [6, 6.07) is 20.2. The summed E-state index contributed by atoms with van der Waals surface area (Å²) in [7, 11) is 0. The Hall–Kier alpha value is -3.98. The molecule has 0 saturated heterocycles. The summed E-state index contributed by atoms with van der Waals surface area (Å²) in [4.78, 5) is 40.4. The SMILES string of the molecule is CSCc1nc(C(=O)Nc2cccc(Nc3cc(-c4ccccc4)nc(C)n3)c2)cc(=O)[nH]1. The molecule has 0 bridgehead atoms. The van der Waals surface area contributed by atoms with E-state index >= 15 is 0 Å². The highest BCUT2D eigenvalue weighted by Crippen LogP contribution is 2.23. The van der Waals surface area contributed by atoms with Crippen LogP contribution in [0.4, 0.5) is 17.2 Å². The van der Waals surface area contributed by atoms with Crippen molar-refractivity contribution in [1.82, 2.24) is 19.9 Å². The minimum atomic E-state index is -0.454. The molecule has 0 aliphatic rings. The van der Waals surface area contributed by atoms with Crippen LogP contribution in [0.25, 0.3) is 11.3 Å². The fourth-order valence-corrected chi connectivity index (χ4v) is 3.65. The number of hydrogen-bond donors (Lipinski definition) is 3. The van der Waals surface area contributed by atoms with E-state index in [-0.39, 0.29) is 11.3 Å². The van der Waals surface area contributed by atoms with Crippen molar-refractivity contribution in [3.8, 4) is 11.3 Å². The van der Waals surface area contributed by atoms with Crippen LogP contribution >= 0.6 is 11.8 Å². The minimum Gasteiger partial charge on any atom is -0.340 e. The first-order chi connectivity index (χ1) is 16.0. The number of carbonyl (C=O) groups excluding carboxylic acids is 1. The molecule has 0 unspecified atom stereocenters. The molecule has 0 spiro atoms. The number of nitrogens with one attached hydrogen (secondary N) is 3. The van der Waals surface area contributed by atoms with Crippen LogP contribution in [0, 0.1) is 6.92 Å². The number of benzene rings is 2. The lowest BCUT2D eigenvalue weighted by atomic mass is 10.1. The van der Waals surface area contributed by atoms with Gasteiger partial charge in [-0.2, -0.15) is 11.8 Å². The van der Waals surface area contributed by atoms with E-state index in [0.717, 1.165) is 16.9 Å². The maximum Gasteiger partial charge on any atom is 0.274 e. The van der Waals surface area contributed by atoms with Gasteiger partial charge in [0.05, 0.1) is 11.4 Å². The molecule has 0 radical (unpaired) electrons. The Bertz CT molecular complexity index is 1340. The van der Waals surface area contributed by atoms with Gasteiger partial charge < -0.3 is 15.6 Å². The molecular weight excluding hydrogens is 436 g/mol. The van der Waals surface area contributed by atoms with Crippen molar-refractivity contribution in [3.05, 3.63) is 94.4 Å². The Kier molecular flexibility index (Phi) is 6.80. The predicted octanol–water partition coefficient (Wildman–Crippen LogP) is 4.39. The lowest BCUT2D eigenvalue weighted by molar-refractivity contribution is 0.102. The van der Waals surface area contributed by atoms with Crippen LogP contribution in [0.1, 0.15) is 22.1 Å². The number of rotatable bonds is 7. The number of hydrogen-bond acceptors (Lipinski definition) is 7. The first kappa shape index (κ1) is 22.2. The second-order valence-corrected chi connectivity index (χ2v) is 8.09. The highest BCUT2D eigenvalue weighted by atomic mass is 32.2. The van der Waals surface area contributed by atoms with Gasteiger partial charge in [-0.3, -0.25) is 9.59 Å². The molecule has 0 aliphatic carbocycles. The molecule has 2 aromatic carbocycles. The quantitative estimate of drug-likeness (QED) is 0.376. The zero-order valence-corrected chi connectivity index (χ0v) is 18.9. The van der Waals surface area contributed by atoms with Crippen LogP contribution < -0.4 is 16.2 Å². The van der Waals surface area contributed by atoms with Gasteiger partial charge in [0, 0.05) is 29.1 Å². The van der Waals surface area contributed by atoms with E-state index in [9.17, 15) is 9.59 Å². The second kappa shape index (κ2) is 10.1. The molecule has 33 heavy (non-hydrogen) atoms. The van der Waals surface area contributed by atoms with Crippen molar-refractivity contribution in [2.75, 3.05) is 16.9 Å². The largest absolute Gasteiger partial charge is 0.340 e. The summed E-state index contributed by atoms with van der Waals surface area (Å²) < 4.78 is 0. The van der Waals surface area contributed by atoms with Gasteiger partial charge in [0.1, 0.15) is 23.2 Å². The molecule has 2 heterocycles. The van der Waals surface area contributed by atoms with Gasteiger partial charge >= 0.3 is 0 Å². The molecule has 4 aromatic rings. The van der Waals surface area contributed by atoms with E-state index in [0.29, 0.717) is 28.9 Å². The van der Waals surface area contributed by atoms with E-state index in [1.807, 2.05) is 61.7 Å². The topological polar surface area (TPSA) is 113 Å². The van der Waals surface area contributed by atoms with Crippen LogP contribution in [-0.4, -0.2) is 32.1 Å². The van der Waals surface area contributed by atoms with E-state index in [1.54, 1.807) is 12.1 Å². The average molecular weight is 459 g/mol. The van der Waals surface area contributed by atoms with E-state index in [4.69, 9.17) is 0 Å². The van der Waals surface area contributed by atoms with E-state index in [1.165, 1.54) is 17.8 Å². The number of nitrogens with zero attached hydrogens (tertiary/aromatic N) is 3. The summed E-state index contributed by atoms with van der Waals surface area (Å²) >= 11 is 1.51. The van der Waals surface area contributed by atoms with Gasteiger partial charge in [0.15, 0.2) is 0 Å². The van der Waals surface area contributed by atoms with Gasteiger partial charge in [-0.1, -0.05) is 36.4 Å². The van der Waals surface area contributed by atoms with Crippen molar-refractivity contribution in [2.45, 2.75) is 12.7 Å². The van der Waals surface area contributed by atoms with Crippen LogP contribution in [0.15, 0.2) is 71.5 Å². The van der Waals surface area contributed by atoms with Gasteiger partial charge in [-0.15, -0.1) is 0 Å². The van der Waals surface area contributed by atoms with E-state index < -0.39 is 5.91 Å². The van der Waals surface area contributed by atoms with Gasteiger partial charge in [-0.25, -0.2) is 15.0 Å². The van der Waals surface area contributed by atoms with E-state index in [2.05, 4.69) is 30.6 Å². The first-order valence-corrected chi connectivity index (χ1v) is 11.6. The highest BCUT2D eigenvalue weighted by molar-refractivity contribution is 7.97. The fourth-order valence-electron chi connectivity index (χ4n) is 3.24. The Morgan fingerprint density at radius 1 is 0.970 bits per heavy atom. The van der Waals surface area contributed by atoms with Crippen molar-refractivity contribution in [3.63, 3.8) is 0 Å². The van der Waals surface area contributed by atoms with Crippen LogP contribution in [0.5, 0.6) is 0 Å². The molecule has 166 valence electrons. The maximum absolute atomic E-state index is 12.7. The zero-order chi connectivity index (χ0) is 23.2. The third-order valence-electron chi connectivity index (χ3n) is 4.60. The predicted molar refractivity (Wildman–Crippen MR) is 132 cm³/mol. The molecule has 2 aromatic heterocycles. The number of anilines is 3. The summed E-state index contributed by atoms with van der Waals surface area (Å²) in [6.07, 6.45) is 1.90. The molecular formula is C24H22N6O2S. The maximum atomic E-state index is 12.7. The molecule has 3 N–H and O–H groups in total. The molecule has 9 heteroatoms. The summed E-state index contributed by atoms with van der Waals surface area (Å²) in [6.45, 7) is 1.84. The van der Waals surface area contributed by atoms with Gasteiger partial charge in [0.2, 0.25) is 0 Å². The van der Waals surface area contributed by atoms with Gasteiger partial charge in [-0.05, 0) is 31.4 Å². The normalized spacial score (nSPS) is 10.6. The number of aryl methyl sites for hydroxylation is 1. The van der Waals surface area contributed by atoms with Crippen LogP contribution in [0.3, 0.4) is 0 Å². The number of aromatic amines is 1. The number of aromatic nitrogens is 4. The first-order valence-electron chi connectivity index (χ1n) is 10.2. The fraction of sp³-hybridized carbons (Fsp3) is 0.125. The molecule has 1 amide bonds. The minimum absolute atomic E-state index is 0.0695. The standard InChI is InChI=1S/C24H22N6O2S/c1-15-25-19(16-7-4-3-5-8-16)12-21(26-15)27-17-9-6-10-18(11-17)28-24(32)20-13-23(31)30-22(29-20)14-33-2/h3-13H,14H2,1-2H3,(H,28,32)(H,25,26,27)(H,29,30,31). The lowest BCUT2D eigenvalue weighted by Gasteiger charge is -2.11. The summed E-state index contributed by atoms with van der Waals surface area (Å²) in [5, 5.41) is 6.06. The Labute approximate surface area is 194 Å². The number of amides is 1. The molecule has 0 atom stereocenters. The number of H-pyrrole nitrogens is 1. The van der Waals surface area contributed by atoms with Crippen molar-refractivity contribution >= 4 is 34.9 Å². The monoisotopic (exact) mass is 458 g/mol. The molecule has 0 saturated carbocycles.